The molecule has 0 bridgehead atoms. The second-order valence-corrected chi connectivity index (χ2v) is 4.11. The summed E-state index contributed by atoms with van der Waals surface area (Å²) in [6, 6.07) is 7.16. The quantitative estimate of drug-likeness (QED) is 0.734. The second-order valence-electron chi connectivity index (χ2n) is 4.11. The third-order valence-corrected chi connectivity index (χ3v) is 2.90. The van der Waals surface area contributed by atoms with Crippen LogP contribution in [0.3, 0.4) is 0 Å². The zero-order valence-corrected chi connectivity index (χ0v) is 9.60. The highest BCUT2D eigenvalue weighted by Crippen LogP contribution is 2.23. The lowest BCUT2D eigenvalue weighted by molar-refractivity contribution is 0.0433. The summed E-state index contributed by atoms with van der Waals surface area (Å²) in [4.78, 5) is 12.0. The summed E-state index contributed by atoms with van der Waals surface area (Å²) in [5.41, 5.74) is 0.694. The number of methoxy groups -OCH3 is 1. The molecule has 0 amide bonds. The number of hydrogen-bond acceptors (Lipinski definition) is 3. The van der Waals surface area contributed by atoms with Gasteiger partial charge in [-0.15, -0.1) is 0 Å². The van der Waals surface area contributed by atoms with Gasteiger partial charge in [-0.2, -0.15) is 0 Å². The summed E-state index contributed by atoms with van der Waals surface area (Å²) < 4.78 is 10.6. The number of benzene rings is 1. The molecule has 1 fully saturated rings. The van der Waals surface area contributed by atoms with Crippen LogP contribution in [0.1, 0.15) is 30.1 Å². The fourth-order valence-corrected chi connectivity index (χ4v) is 1.94. The predicted octanol–water partition coefficient (Wildman–Crippen LogP) is 2.45. The molecule has 1 aromatic rings. The van der Waals surface area contributed by atoms with E-state index in [0.29, 0.717) is 5.56 Å². The number of ketones is 1. The van der Waals surface area contributed by atoms with Crippen LogP contribution < -0.4 is 4.74 Å². The summed E-state index contributed by atoms with van der Waals surface area (Å²) in [7, 11) is 1.61. The molecule has 0 radical (unpaired) electrons. The lowest BCUT2D eigenvalue weighted by atomic mass is 10.0. The van der Waals surface area contributed by atoms with E-state index in [1.807, 2.05) is 6.92 Å². The highest BCUT2D eigenvalue weighted by molar-refractivity contribution is 5.99. The Morgan fingerprint density at radius 2 is 2.00 bits per heavy atom. The number of carbonyl (C=O) groups is 1. The molecule has 86 valence electrons. The standard InChI is InChI=1S/C13H16O3/c1-9-3-8-12(16-9)13(14)10-4-6-11(15-2)7-5-10/h4-7,9,12H,3,8H2,1-2H3. The molecule has 0 spiro atoms. The van der Waals surface area contributed by atoms with Crippen molar-refractivity contribution in [2.24, 2.45) is 0 Å². The minimum Gasteiger partial charge on any atom is -0.497 e. The van der Waals surface area contributed by atoms with Gasteiger partial charge < -0.3 is 9.47 Å². The van der Waals surface area contributed by atoms with Crippen molar-refractivity contribution in [2.75, 3.05) is 7.11 Å². The number of Topliss-reactive ketones (excluding diaryl/α,β-unsaturated/α-hetero) is 1. The second kappa shape index (κ2) is 4.66. The highest BCUT2D eigenvalue weighted by Gasteiger charge is 2.28. The fraction of sp³-hybridized carbons (Fsp3) is 0.462. The zero-order valence-electron chi connectivity index (χ0n) is 9.60. The molecule has 2 unspecified atom stereocenters. The Morgan fingerprint density at radius 3 is 2.50 bits per heavy atom. The molecule has 0 N–H and O–H groups in total. The van der Waals surface area contributed by atoms with Crippen molar-refractivity contribution >= 4 is 5.78 Å². The first kappa shape index (κ1) is 11.1. The number of carbonyl (C=O) groups excluding carboxylic acids is 1. The topological polar surface area (TPSA) is 35.5 Å². The minimum atomic E-state index is -0.261. The van der Waals surface area contributed by atoms with Gasteiger partial charge in [0.25, 0.3) is 0 Å². The van der Waals surface area contributed by atoms with E-state index in [9.17, 15) is 4.79 Å². The first-order valence-corrected chi connectivity index (χ1v) is 5.54. The Labute approximate surface area is 95.4 Å². The van der Waals surface area contributed by atoms with E-state index < -0.39 is 0 Å². The molecule has 1 heterocycles. The van der Waals surface area contributed by atoms with E-state index in [1.54, 1.807) is 31.4 Å². The summed E-state index contributed by atoms with van der Waals surface area (Å²) in [6.07, 6.45) is 1.73. The molecule has 3 heteroatoms. The third kappa shape index (κ3) is 2.25. The van der Waals surface area contributed by atoms with Gasteiger partial charge in [0.15, 0.2) is 5.78 Å². The molecule has 0 saturated carbocycles. The van der Waals surface area contributed by atoms with Crippen molar-refractivity contribution in [2.45, 2.75) is 32.0 Å². The van der Waals surface area contributed by atoms with Crippen LogP contribution in [-0.2, 0) is 4.74 Å². The molecule has 0 aliphatic carbocycles. The van der Waals surface area contributed by atoms with E-state index in [2.05, 4.69) is 0 Å². The average molecular weight is 220 g/mol. The number of rotatable bonds is 3. The summed E-state index contributed by atoms with van der Waals surface area (Å²) in [5, 5.41) is 0. The fourth-order valence-electron chi connectivity index (χ4n) is 1.94. The van der Waals surface area contributed by atoms with Crippen molar-refractivity contribution < 1.29 is 14.3 Å². The molecular weight excluding hydrogens is 204 g/mol. The van der Waals surface area contributed by atoms with Crippen LogP contribution in [0.2, 0.25) is 0 Å². The molecule has 3 nitrogen and oxygen atoms in total. The van der Waals surface area contributed by atoms with Crippen molar-refractivity contribution in [3.8, 4) is 5.75 Å². The first-order chi connectivity index (χ1) is 7.70. The Morgan fingerprint density at radius 1 is 1.31 bits per heavy atom. The van der Waals surface area contributed by atoms with Gasteiger partial charge in [0.1, 0.15) is 11.9 Å². The van der Waals surface area contributed by atoms with Crippen LogP contribution in [0.5, 0.6) is 5.75 Å². The van der Waals surface area contributed by atoms with Gasteiger partial charge in [-0.1, -0.05) is 0 Å². The maximum absolute atomic E-state index is 12.0. The first-order valence-electron chi connectivity index (χ1n) is 5.54. The SMILES string of the molecule is COc1ccc(C(=O)C2CCC(C)O2)cc1. The molecule has 2 atom stereocenters. The Bertz CT molecular complexity index is 369. The number of ether oxygens (including phenoxy) is 2. The molecule has 1 aliphatic rings. The van der Waals surface area contributed by atoms with Gasteiger partial charge in [0.05, 0.1) is 13.2 Å². The molecule has 1 aliphatic heterocycles. The Kier molecular flexibility index (Phi) is 3.25. The van der Waals surface area contributed by atoms with Crippen LogP contribution in [0.15, 0.2) is 24.3 Å². The Hall–Kier alpha value is -1.35. The van der Waals surface area contributed by atoms with Gasteiger partial charge in [0.2, 0.25) is 0 Å². The van der Waals surface area contributed by atoms with Crippen LogP contribution in [0.25, 0.3) is 0 Å². The van der Waals surface area contributed by atoms with Gasteiger partial charge in [-0.3, -0.25) is 4.79 Å². The normalized spacial score (nSPS) is 24.4. The van der Waals surface area contributed by atoms with E-state index >= 15 is 0 Å². The van der Waals surface area contributed by atoms with Gasteiger partial charge in [-0.25, -0.2) is 0 Å². The van der Waals surface area contributed by atoms with Gasteiger partial charge in [0, 0.05) is 5.56 Å². The molecule has 1 aromatic carbocycles. The highest BCUT2D eigenvalue weighted by atomic mass is 16.5. The van der Waals surface area contributed by atoms with Crippen LogP contribution in [-0.4, -0.2) is 25.1 Å². The predicted molar refractivity (Wildman–Crippen MR) is 60.9 cm³/mol. The van der Waals surface area contributed by atoms with Crippen LogP contribution in [0, 0.1) is 0 Å². The lowest BCUT2D eigenvalue weighted by Crippen LogP contribution is -2.20. The Balaban J connectivity index is 2.08. The molecule has 0 aromatic heterocycles. The maximum Gasteiger partial charge on any atom is 0.191 e. The van der Waals surface area contributed by atoms with E-state index in [1.165, 1.54) is 0 Å². The lowest BCUT2D eigenvalue weighted by Gasteiger charge is -2.10. The van der Waals surface area contributed by atoms with E-state index in [0.717, 1.165) is 18.6 Å². The van der Waals surface area contributed by atoms with Crippen molar-refractivity contribution in [3.63, 3.8) is 0 Å². The van der Waals surface area contributed by atoms with Crippen molar-refractivity contribution in [1.29, 1.82) is 0 Å². The van der Waals surface area contributed by atoms with Gasteiger partial charge in [-0.05, 0) is 44.0 Å². The zero-order chi connectivity index (χ0) is 11.5. The van der Waals surface area contributed by atoms with Crippen LogP contribution >= 0.6 is 0 Å². The van der Waals surface area contributed by atoms with Crippen molar-refractivity contribution in [3.05, 3.63) is 29.8 Å². The van der Waals surface area contributed by atoms with E-state index in [4.69, 9.17) is 9.47 Å². The minimum absolute atomic E-state index is 0.0759. The number of hydrogen-bond donors (Lipinski definition) is 0. The van der Waals surface area contributed by atoms with Gasteiger partial charge >= 0.3 is 0 Å². The van der Waals surface area contributed by atoms with Crippen molar-refractivity contribution in [1.82, 2.24) is 0 Å². The van der Waals surface area contributed by atoms with E-state index in [-0.39, 0.29) is 18.0 Å². The average Bonchev–Trinajstić information content (AvgIpc) is 2.75. The molecule has 1 saturated heterocycles. The molecule has 2 rings (SSSR count). The largest absolute Gasteiger partial charge is 0.497 e. The summed E-state index contributed by atoms with van der Waals surface area (Å²) >= 11 is 0. The third-order valence-electron chi connectivity index (χ3n) is 2.90. The summed E-state index contributed by atoms with van der Waals surface area (Å²) in [5.74, 6) is 0.837. The smallest absolute Gasteiger partial charge is 0.191 e. The van der Waals surface area contributed by atoms with Crippen LogP contribution in [0.4, 0.5) is 0 Å². The molecular formula is C13H16O3. The summed E-state index contributed by atoms with van der Waals surface area (Å²) in [6.45, 7) is 2.00. The molecule has 16 heavy (non-hydrogen) atoms. The monoisotopic (exact) mass is 220 g/mol. The maximum atomic E-state index is 12.0.